The Morgan fingerprint density at radius 2 is 1.67 bits per heavy atom. The van der Waals surface area contributed by atoms with Gasteiger partial charge in [0.1, 0.15) is 0 Å². The van der Waals surface area contributed by atoms with Gasteiger partial charge in [0.2, 0.25) is 0 Å². The van der Waals surface area contributed by atoms with Crippen LogP contribution in [-0.4, -0.2) is 0 Å². The fraction of sp³-hybridized carbons (Fsp3) is 0.120. The first kappa shape index (κ1) is 16.3. The summed E-state index contributed by atoms with van der Waals surface area (Å²) in [5.74, 6) is 0.591. The van der Waals surface area contributed by atoms with Crippen molar-refractivity contribution in [2.45, 2.75) is 19.3 Å². The van der Waals surface area contributed by atoms with Gasteiger partial charge in [-0.15, -0.1) is 11.3 Å². The second-order valence-electron chi connectivity index (χ2n) is 7.30. The maximum absolute atomic E-state index is 6.51. The normalized spacial score (nSPS) is 15.8. The molecule has 3 aromatic carbocycles. The summed E-state index contributed by atoms with van der Waals surface area (Å²) in [7, 11) is 0. The summed E-state index contributed by atoms with van der Waals surface area (Å²) in [5, 5.41) is 1.29. The Hall–Kier alpha value is -2.84. The maximum Gasteiger partial charge on any atom is 0.0400 e. The van der Waals surface area contributed by atoms with Crippen molar-refractivity contribution in [3.05, 3.63) is 83.2 Å². The van der Waals surface area contributed by atoms with Crippen molar-refractivity contribution in [3.8, 4) is 22.3 Å². The largest absolute Gasteiger partial charge is 0.398 e. The van der Waals surface area contributed by atoms with E-state index in [-0.39, 0.29) is 0 Å². The van der Waals surface area contributed by atoms with Crippen LogP contribution >= 0.6 is 11.3 Å². The van der Waals surface area contributed by atoms with Gasteiger partial charge in [0, 0.05) is 26.2 Å². The zero-order valence-electron chi connectivity index (χ0n) is 15.3. The molecule has 27 heavy (non-hydrogen) atoms. The van der Waals surface area contributed by atoms with E-state index >= 15 is 0 Å². The third-order valence-electron chi connectivity index (χ3n) is 5.43. The van der Waals surface area contributed by atoms with Gasteiger partial charge in [0.25, 0.3) is 0 Å². The van der Waals surface area contributed by atoms with E-state index in [1.54, 1.807) is 0 Å². The molecule has 0 bridgehead atoms. The number of hydrogen-bond acceptors (Lipinski definition) is 2. The molecular weight excluding hydrogens is 346 g/mol. The fourth-order valence-electron chi connectivity index (χ4n) is 3.98. The molecule has 0 aliphatic heterocycles. The maximum atomic E-state index is 6.51. The lowest BCUT2D eigenvalue weighted by molar-refractivity contribution is 0.791. The van der Waals surface area contributed by atoms with Crippen LogP contribution in [0.3, 0.4) is 0 Å². The topological polar surface area (TPSA) is 26.0 Å². The zero-order chi connectivity index (χ0) is 18.4. The number of nitrogen functional groups attached to an aromatic ring is 1. The molecule has 0 saturated carbocycles. The Labute approximate surface area is 163 Å². The molecule has 1 aliphatic carbocycles. The van der Waals surface area contributed by atoms with E-state index in [0.29, 0.717) is 5.92 Å². The molecule has 1 aromatic heterocycles. The predicted octanol–water partition coefficient (Wildman–Crippen LogP) is 7.34. The van der Waals surface area contributed by atoms with E-state index in [1.165, 1.54) is 37.2 Å². The molecule has 5 rings (SSSR count). The number of anilines is 1. The number of nitrogens with two attached hydrogens (primary N) is 1. The molecule has 1 unspecified atom stereocenters. The summed E-state index contributed by atoms with van der Waals surface area (Å²) >= 11 is 1.92. The van der Waals surface area contributed by atoms with Gasteiger partial charge < -0.3 is 5.73 Å². The van der Waals surface area contributed by atoms with E-state index in [4.69, 9.17) is 5.73 Å². The Kier molecular flexibility index (Phi) is 3.87. The van der Waals surface area contributed by atoms with Gasteiger partial charge in [-0.2, -0.15) is 0 Å². The minimum absolute atomic E-state index is 0.591. The molecule has 2 N–H and O–H groups in total. The molecule has 1 atom stereocenters. The quantitative estimate of drug-likeness (QED) is 0.369. The Balaban J connectivity index is 1.66. The van der Waals surface area contributed by atoms with Gasteiger partial charge >= 0.3 is 0 Å². The highest BCUT2D eigenvalue weighted by molar-refractivity contribution is 7.19. The molecule has 0 amide bonds. The highest BCUT2D eigenvalue weighted by atomic mass is 32.1. The highest BCUT2D eigenvalue weighted by Gasteiger charge is 2.19. The van der Waals surface area contributed by atoms with Crippen molar-refractivity contribution in [2.24, 2.45) is 0 Å². The molecule has 1 aliphatic rings. The van der Waals surface area contributed by atoms with Gasteiger partial charge in [-0.25, -0.2) is 0 Å². The van der Waals surface area contributed by atoms with Crippen LogP contribution in [0.1, 0.15) is 29.7 Å². The third-order valence-corrected chi connectivity index (χ3v) is 6.83. The Morgan fingerprint density at radius 3 is 2.52 bits per heavy atom. The summed E-state index contributed by atoms with van der Waals surface area (Å²) in [6.07, 6.45) is 5.68. The first-order valence-electron chi connectivity index (χ1n) is 9.39. The standard InChI is InChI=1S/C25H21NS/c1-16-7-5-12-20-22-14-23(26)21(15-24(22)27-25(16)20)19-11-6-10-18(13-19)17-8-3-2-4-9-17/h2-6,8-16H,7,26H2,1H3. The second kappa shape index (κ2) is 6.40. The van der Waals surface area contributed by atoms with Gasteiger partial charge in [0.05, 0.1) is 0 Å². The third kappa shape index (κ3) is 2.77. The number of hydrogen-bond donors (Lipinski definition) is 1. The van der Waals surface area contributed by atoms with Crippen LogP contribution in [0.2, 0.25) is 0 Å². The number of benzene rings is 3. The van der Waals surface area contributed by atoms with Crippen LogP contribution < -0.4 is 5.73 Å². The monoisotopic (exact) mass is 367 g/mol. The van der Waals surface area contributed by atoms with Gasteiger partial charge in [-0.3, -0.25) is 0 Å². The summed E-state index contributed by atoms with van der Waals surface area (Å²) in [5.41, 5.74) is 13.5. The van der Waals surface area contributed by atoms with E-state index in [1.807, 2.05) is 17.4 Å². The lowest BCUT2D eigenvalue weighted by Gasteiger charge is -2.12. The molecule has 1 nitrogen and oxygen atoms in total. The van der Waals surface area contributed by atoms with Crippen molar-refractivity contribution in [2.75, 3.05) is 5.73 Å². The van der Waals surface area contributed by atoms with Crippen LogP contribution in [0.5, 0.6) is 0 Å². The van der Waals surface area contributed by atoms with Crippen molar-refractivity contribution in [1.29, 1.82) is 0 Å². The molecule has 0 spiro atoms. The van der Waals surface area contributed by atoms with Crippen LogP contribution in [0.15, 0.2) is 72.8 Å². The molecule has 0 fully saturated rings. The molecule has 0 saturated heterocycles. The van der Waals surface area contributed by atoms with E-state index in [9.17, 15) is 0 Å². The van der Waals surface area contributed by atoms with Gasteiger partial charge in [-0.1, -0.05) is 67.6 Å². The summed E-state index contributed by atoms with van der Waals surface area (Å²) in [6, 6.07) is 23.6. The molecule has 0 radical (unpaired) electrons. The number of rotatable bonds is 2. The fourth-order valence-corrected chi connectivity index (χ4v) is 5.26. The van der Waals surface area contributed by atoms with E-state index in [0.717, 1.165) is 17.7 Å². The van der Waals surface area contributed by atoms with Crippen LogP contribution in [-0.2, 0) is 0 Å². The van der Waals surface area contributed by atoms with E-state index in [2.05, 4.69) is 79.7 Å². The molecule has 2 heteroatoms. The summed E-state index contributed by atoms with van der Waals surface area (Å²) < 4.78 is 1.33. The first-order valence-corrected chi connectivity index (χ1v) is 10.2. The summed E-state index contributed by atoms with van der Waals surface area (Å²) in [4.78, 5) is 1.49. The Bertz CT molecular complexity index is 1170. The highest BCUT2D eigenvalue weighted by Crippen LogP contribution is 2.44. The first-order chi connectivity index (χ1) is 13.2. The van der Waals surface area contributed by atoms with Crippen molar-refractivity contribution >= 4 is 33.2 Å². The summed E-state index contributed by atoms with van der Waals surface area (Å²) in [6.45, 7) is 2.31. The average molecular weight is 368 g/mol. The van der Waals surface area contributed by atoms with Crippen molar-refractivity contribution in [3.63, 3.8) is 0 Å². The van der Waals surface area contributed by atoms with Crippen LogP contribution in [0, 0.1) is 0 Å². The van der Waals surface area contributed by atoms with Gasteiger partial charge in [0.15, 0.2) is 0 Å². The van der Waals surface area contributed by atoms with Crippen molar-refractivity contribution < 1.29 is 0 Å². The average Bonchev–Trinajstić information content (AvgIpc) is 3.07. The van der Waals surface area contributed by atoms with Crippen LogP contribution in [0.4, 0.5) is 5.69 Å². The number of thiophene rings is 1. The van der Waals surface area contributed by atoms with Crippen molar-refractivity contribution in [1.82, 2.24) is 0 Å². The van der Waals surface area contributed by atoms with Gasteiger partial charge in [-0.05, 0) is 52.8 Å². The smallest absolute Gasteiger partial charge is 0.0400 e. The molecular formula is C25H21NS. The number of fused-ring (bicyclic) bond motifs is 3. The second-order valence-corrected chi connectivity index (χ2v) is 8.39. The molecule has 1 heterocycles. The van der Waals surface area contributed by atoms with E-state index < -0.39 is 0 Å². The zero-order valence-corrected chi connectivity index (χ0v) is 16.1. The Morgan fingerprint density at radius 1 is 0.889 bits per heavy atom. The molecule has 4 aromatic rings. The SMILES string of the molecule is CC1CC=Cc2c1sc1cc(-c3cccc(-c4ccccc4)c3)c(N)cc21. The number of allylic oxidation sites excluding steroid dienone is 1. The predicted molar refractivity (Wildman–Crippen MR) is 119 cm³/mol. The van der Waals surface area contributed by atoms with Crippen LogP contribution in [0.25, 0.3) is 38.4 Å². The minimum Gasteiger partial charge on any atom is -0.398 e. The molecule has 132 valence electrons. The minimum atomic E-state index is 0.591. The lowest BCUT2D eigenvalue weighted by atomic mass is 9.93. The lowest BCUT2D eigenvalue weighted by Crippen LogP contribution is -1.95.